The number of rotatable bonds is 0. The van der Waals surface area contributed by atoms with Crippen LogP contribution in [0, 0.1) is 0 Å². The quantitative estimate of drug-likeness (QED) is 0.613. The summed E-state index contributed by atoms with van der Waals surface area (Å²) in [6.07, 6.45) is 0.892. The molecule has 2 fully saturated rings. The molecular weight excluding hydrogens is 319 g/mol. The Morgan fingerprint density at radius 1 is 1.00 bits per heavy atom. The number of carbonyl (C=O) groups excluding carboxylic acids is 2. The van der Waals surface area contributed by atoms with Crippen LogP contribution in [0.1, 0.15) is 12.8 Å². The van der Waals surface area contributed by atoms with Gasteiger partial charge in [-0.3, -0.25) is 0 Å². The molecule has 72 valence electrons. The van der Waals surface area contributed by atoms with Crippen LogP contribution in [0.5, 0.6) is 0 Å². The summed E-state index contributed by atoms with van der Waals surface area (Å²) in [6, 6.07) is 0. The van der Waals surface area contributed by atoms with Crippen molar-refractivity contribution in [2.75, 3.05) is 11.5 Å². The maximum atomic E-state index is 11.1. The van der Waals surface area contributed by atoms with Gasteiger partial charge < -0.3 is 0 Å². The molecule has 2 rings (SSSR count). The van der Waals surface area contributed by atoms with Gasteiger partial charge in [0.25, 0.3) is 0 Å². The van der Waals surface area contributed by atoms with E-state index < -0.39 is 16.4 Å². The first kappa shape index (κ1) is 9.97. The van der Waals surface area contributed by atoms with E-state index >= 15 is 0 Å². The molecule has 0 saturated carbocycles. The fraction of sp³-hybridized carbons (Fsp3) is 0.667. The third kappa shape index (κ3) is 2.27. The van der Waals surface area contributed by atoms with Crippen molar-refractivity contribution < 1.29 is 15.7 Å². The fourth-order valence-electron chi connectivity index (χ4n) is 1.08. The Labute approximate surface area is 86.0 Å². The Balaban J connectivity index is 2.09. The molecule has 0 N–H and O–H groups in total. The van der Waals surface area contributed by atoms with Crippen molar-refractivity contribution in [1.29, 1.82) is 0 Å². The number of carbonyl (C=O) groups is 2. The molecule has 13 heavy (non-hydrogen) atoms. The number of hydrogen-bond donors (Lipinski definition) is 0. The van der Waals surface area contributed by atoms with E-state index in [1.807, 2.05) is 0 Å². The van der Waals surface area contributed by atoms with E-state index in [2.05, 4.69) is 0 Å². The average molecular weight is 327 g/mol. The van der Waals surface area contributed by atoms with Gasteiger partial charge in [-0.1, -0.05) is 0 Å². The molecule has 0 aromatic rings. The summed E-state index contributed by atoms with van der Waals surface area (Å²) in [5, 5.41) is 0. The van der Waals surface area contributed by atoms with Gasteiger partial charge in [0.15, 0.2) is 0 Å². The summed E-state index contributed by atoms with van der Waals surface area (Å²) in [6.45, 7) is 0. The van der Waals surface area contributed by atoms with E-state index in [1.165, 1.54) is 0 Å². The van der Waals surface area contributed by atoms with Crippen LogP contribution in [0.4, 0.5) is 0 Å². The van der Waals surface area contributed by atoms with Crippen LogP contribution in [-0.2, 0) is 15.7 Å². The summed E-state index contributed by atoms with van der Waals surface area (Å²) >= 11 is -3.33. The first-order chi connectivity index (χ1) is 6.20. The van der Waals surface area contributed by atoms with Gasteiger partial charge in [0.2, 0.25) is 0 Å². The van der Waals surface area contributed by atoms with Gasteiger partial charge in [-0.15, -0.1) is 0 Å². The van der Waals surface area contributed by atoms with Gasteiger partial charge >= 0.3 is 86.4 Å². The van der Waals surface area contributed by atoms with E-state index in [4.69, 9.17) is 6.15 Å². The first-order valence-corrected chi connectivity index (χ1v) is 15.2. The molecule has 0 aromatic heterocycles. The Morgan fingerprint density at radius 3 is 1.85 bits per heavy atom. The van der Waals surface area contributed by atoms with Crippen LogP contribution < -0.4 is 0 Å². The van der Waals surface area contributed by atoms with Gasteiger partial charge in [0.1, 0.15) is 0 Å². The van der Waals surface area contributed by atoms with Gasteiger partial charge in [0.05, 0.1) is 0 Å². The molecule has 4 nitrogen and oxygen atoms in total. The molecule has 0 aliphatic carbocycles. The molecule has 2 saturated heterocycles. The van der Waals surface area contributed by atoms with Crippen molar-refractivity contribution in [3.8, 4) is 0 Å². The van der Waals surface area contributed by atoms with Gasteiger partial charge in [0, 0.05) is 0 Å². The van der Waals surface area contributed by atoms with E-state index in [-0.39, 0.29) is 11.9 Å². The maximum absolute atomic E-state index is 11.1. The van der Waals surface area contributed by atoms with Gasteiger partial charge in [-0.05, 0) is 0 Å². The van der Waals surface area contributed by atoms with Crippen LogP contribution in [0.2, 0.25) is 0 Å². The van der Waals surface area contributed by atoms with Crippen molar-refractivity contribution in [3.63, 3.8) is 0 Å². The molecule has 2 heterocycles. The molecule has 0 amide bonds. The molecule has 0 bridgehead atoms. The zero-order chi connectivity index (χ0) is 9.31. The monoisotopic (exact) mass is 328 g/mol. The van der Waals surface area contributed by atoms with Crippen LogP contribution in [-0.4, -0.2) is 39.9 Å². The van der Waals surface area contributed by atoms with Crippen molar-refractivity contribution in [1.82, 2.24) is 0 Å². The molecule has 0 aromatic carbocycles. The molecular formula is C6H8O4S2Sn. The van der Waals surface area contributed by atoms with Crippen molar-refractivity contribution in [2.24, 2.45) is 0 Å². The first-order valence-electron chi connectivity index (χ1n) is 3.92. The van der Waals surface area contributed by atoms with Gasteiger partial charge in [-0.2, -0.15) is 0 Å². The van der Waals surface area contributed by atoms with Crippen molar-refractivity contribution in [2.45, 2.75) is 12.8 Å². The van der Waals surface area contributed by atoms with Crippen LogP contribution in [0.25, 0.3) is 0 Å². The van der Waals surface area contributed by atoms with Crippen LogP contribution in [0.15, 0.2) is 0 Å². The molecule has 2 aliphatic heterocycles. The van der Waals surface area contributed by atoms with E-state index in [0.717, 1.165) is 11.5 Å². The molecule has 7 heteroatoms. The van der Waals surface area contributed by atoms with Crippen LogP contribution in [0.3, 0.4) is 0 Å². The standard InChI is InChI=1S/2C3H6O2S.Sn/c2*4-3(5)1-2-6;/h2*6H,1-2H2,(H,4,5);/q;;+4/p-4. The van der Waals surface area contributed by atoms with Crippen molar-refractivity contribution in [3.05, 3.63) is 0 Å². The zero-order valence-corrected chi connectivity index (χ0v) is 11.3. The van der Waals surface area contributed by atoms with Gasteiger partial charge in [-0.25, -0.2) is 0 Å². The molecule has 0 atom stereocenters. The summed E-state index contributed by atoms with van der Waals surface area (Å²) < 4.78 is 10.5. The summed E-state index contributed by atoms with van der Waals surface area (Å²) in [5.74, 6) is 1.10. The predicted molar refractivity (Wildman–Crippen MR) is 52.1 cm³/mol. The normalized spacial score (nSPS) is 26.8. The Hall–Kier alpha value is 0.439. The summed E-state index contributed by atoms with van der Waals surface area (Å²) in [5.41, 5.74) is 0. The SMILES string of the molecule is O=C1CC[S][Sn]2([O]1)[O]C(=O)CC[S]2. The Morgan fingerprint density at radius 2 is 1.46 bits per heavy atom. The summed E-state index contributed by atoms with van der Waals surface area (Å²) in [7, 11) is 3.16. The fourth-order valence-corrected chi connectivity index (χ4v) is 21.0. The van der Waals surface area contributed by atoms with E-state index in [1.54, 1.807) is 17.9 Å². The van der Waals surface area contributed by atoms with E-state index in [0.29, 0.717) is 12.8 Å². The Bertz CT molecular complexity index is 231. The second-order valence-corrected chi connectivity index (χ2v) is 21.9. The second-order valence-electron chi connectivity index (χ2n) is 2.65. The molecule has 1 spiro atoms. The van der Waals surface area contributed by atoms with Crippen LogP contribution >= 0.6 is 17.9 Å². The molecule has 2 aliphatic rings. The predicted octanol–water partition coefficient (Wildman–Crippen LogP) is 0.782. The minimum absolute atomic E-state index is 0.197. The summed E-state index contributed by atoms with van der Waals surface area (Å²) in [4.78, 5) is 22.1. The number of hydrogen-bond acceptors (Lipinski definition) is 6. The third-order valence-electron chi connectivity index (χ3n) is 1.65. The zero-order valence-electron chi connectivity index (χ0n) is 6.78. The average Bonchev–Trinajstić information content (AvgIpc) is 2.02. The molecule has 0 radical (unpaired) electrons. The molecule has 0 unspecified atom stereocenters. The topological polar surface area (TPSA) is 52.6 Å². The van der Waals surface area contributed by atoms with E-state index in [9.17, 15) is 9.59 Å². The Kier molecular flexibility index (Phi) is 2.99. The second kappa shape index (κ2) is 3.90. The van der Waals surface area contributed by atoms with Crippen molar-refractivity contribution >= 4 is 46.3 Å². The third-order valence-corrected chi connectivity index (χ3v) is 22.4. The minimum atomic E-state index is -3.33.